The van der Waals surface area contributed by atoms with Crippen LogP contribution in [0.2, 0.25) is 0 Å². The van der Waals surface area contributed by atoms with Crippen molar-refractivity contribution < 1.29 is 0 Å². The summed E-state index contributed by atoms with van der Waals surface area (Å²) in [5, 5.41) is 0. The molecule has 0 amide bonds. The van der Waals surface area contributed by atoms with E-state index in [1.54, 1.807) is 17.6 Å². The molecular weight excluding hydrogens is 188 g/mol. The molecule has 0 radical (unpaired) electrons. The summed E-state index contributed by atoms with van der Waals surface area (Å²) in [6.07, 6.45) is 2.30. The molecular formula is C12H14N2O. The molecule has 3 nitrogen and oxygen atoms in total. The van der Waals surface area contributed by atoms with Crippen LogP contribution >= 0.6 is 0 Å². The summed E-state index contributed by atoms with van der Waals surface area (Å²) in [6, 6.07) is 1.57. The fraction of sp³-hybridized carbons (Fsp3) is 0.500. The van der Waals surface area contributed by atoms with Crippen LogP contribution in [-0.4, -0.2) is 9.55 Å². The van der Waals surface area contributed by atoms with Gasteiger partial charge in [-0.25, -0.2) is 4.98 Å². The Bertz CT molecular complexity index is 487. The van der Waals surface area contributed by atoms with Gasteiger partial charge in [0.1, 0.15) is 5.82 Å². The molecule has 1 aromatic heterocycles. The van der Waals surface area contributed by atoms with E-state index in [0.717, 1.165) is 24.4 Å². The van der Waals surface area contributed by atoms with Gasteiger partial charge in [-0.3, -0.25) is 9.36 Å². The zero-order valence-corrected chi connectivity index (χ0v) is 9.08. The molecule has 1 aliphatic carbocycles. The molecule has 0 bridgehead atoms. The number of aromatic nitrogens is 2. The molecule has 0 aromatic carbocycles. The third-order valence-electron chi connectivity index (χ3n) is 2.52. The number of hydrogen-bond donors (Lipinski definition) is 0. The lowest BCUT2D eigenvalue weighted by atomic mass is 10.3. The summed E-state index contributed by atoms with van der Waals surface area (Å²) in [6.45, 7) is 4.11. The van der Waals surface area contributed by atoms with Crippen molar-refractivity contribution in [2.24, 2.45) is 0 Å². The van der Waals surface area contributed by atoms with Gasteiger partial charge in [-0.05, 0) is 26.7 Å². The fourth-order valence-electron chi connectivity index (χ4n) is 1.61. The highest BCUT2D eigenvalue weighted by atomic mass is 16.1. The van der Waals surface area contributed by atoms with E-state index in [1.807, 2.05) is 6.92 Å². The standard InChI is InChI=1S/C12H14N2O/c1-3-4-7-14-11(15)8-9(2)13-12(14)10-5-6-10/h8,10H,5-7H2,1-2H3. The summed E-state index contributed by atoms with van der Waals surface area (Å²) in [4.78, 5) is 16.2. The highest BCUT2D eigenvalue weighted by Crippen LogP contribution is 2.38. The SMILES string of the molecule is CC#CCn1c(C2CC2)nc(C)cc1=O. The Kier molecular flexibility index (Phi) is 2.59. The molecule has 2 rings (SSSR count). The molecule has 0 unspecified atom stereocenters. The summed E-state index contributed by atoms with van der Waals surface area (Å²) in [5.74, 6) is 7.13. The van der Waals surface area contributed by atoms with Crippen LogP contribution < -0.4 is 5.56 Å². The Morgan fingerprint density at radius 1 is 1.60 bits per heavy atom. The highest BCUT2D eigenvalue weighted by Gasteiger charge is 2.28. The van der Waals surface area contributed by atoms with E-state index < -0.39 is 0 Å². The molecule has 0 spiro atoms. The van der Waals surface area contributed by atoms with Crippen LogP contribution in [0, 0.1) is 18.8 Å². The molecule has 0 saturated heterocycles. The van der Waals surface area contributed by atoms with Crippen LogP contribution in [0.25, 0.3) is 0 Å². The van der Waals surface area contributed by atoms with E-state index in [1.165, 1.54) is 0 Å². The highest BCUT2D eigenvalue weighted by molar-refractivity contribution is 5.13. The molecule has 0 N–H and O–H groups in total. The van der Waals surface area contributed by atoms with E-state index in [2.05, 4.69) is 16.8 Å². The average molecular weight is 202 g/mol. The van der Waals surface area contributed by atoms with Crippen LogP contribution in [-0.2, 0) is 6.54 Å². The lowest BCUT2D eigenvalue weighted by Gasteiger charge is -2.08. The molecule has 78 valence electrons. The smallest absolute Gasteiger partial charge is 0.254 e. The first-order valence-corrected chi connectivity index (χ1v) is 5.20. The lowest BCUT2D eigenvalue weighted by molar-refractivity contribution is 0.684. The lowest BCUT2D eigenvalue weighted by Crippen LogP contribution is -2.24. The third-order valence-corrected chi connectivity index (χ3v) is 2.52. The number of nitrogens with zero attached hydrogens (tertiary/aromatic N) is 2. The molecule has 15 heavy (non-hydrogen) atoms. The molecule has 1 aromatic rings. The van der Waals surface area contributed by atoms with Crippen molar-refractivity contribution >= 4 is 0 Å². The van der Waals surface area contributed by atoms with Crippen molar-refractivity contribution in [2.45, 2.75) is 39.2 Å². The van der Waals surface area contributed by atoms with E-state index in [4.69, 9.17) is 0 Å². The Morgan fingerprint density at radius 3 is 2.93 bits per heavy atom. The molecule has 3 heteroatoms. The maximum absolute atomic E-state index is 11.8. The minimum Gasteiger partial charge on any atom is -0.285 e. The minimum absolute atomic E-state index is 0.0205. The van der Waals surface area contributed by atoms with Gasteiger partial charge in [0, 0.05) is 17.7 Å². The van der Waals surface area contributed by atoms with Crippen molar-refractivity contribution in [3.8, 4) is 11.8 Å². The summed E-state index contributed by atoms with van der Waals surface area (Å²) in [7, 11) is 0. The first-order chi connectivity index (χ1) is 7.22. The van der Waals surface area contributed by atoms with Crippen molar-refractivity contribution in [2.75, 3.05) is 0 Å². The van der Waals surface area contributed by atoms with Gasteiger partial charge in [0.2, 0.25) is 0 Å². The normalized spacial score (nSPS) is 14.5. The predicted molar refractivity (Wildman–Crippen MR) is 58.7 cm³/mol. The minimum atomic E-state index is 0.0205. The quantitative estimate of drug-likeness (QED) is 0.680. The van der Waals surface area contributed by atoms with Crippen LogP contribution in [0.15, 0.2) is 10.9 Å². The van der Waals surface area contributed by atoms with Crippen molar-refractivity contribution in [3.05, 3.63) is 27.9 Å². The molecule has 1 aliphatic rings. The Labute approximate surface area is 89.2 Å². The average Bonchev–Trinajstić information content (AvgIpc) is 2.98. The Morgan fingerprint density at radius 2 is 2.33 bits per heavy atom. The van der Waals surface area contributed by atoms with Crippen LogP contribution in [0.1, 0.15) is 37.2 Å². The summed E-state index contributed by atoms with van der Waals surface area (Å²) in [5.41, 5.74) is 0.828. The second-order valence-corrected chi connectivity index (χ2v) is 3.88. The van der Waals surface area contributed by atoms with Gasteiger partial charge in [0.15, 0.2) is 0 Å². The van der Waals surface area contributed by atoms with Crippen LogP contribution in [0.3, 0.4) is 0 Å². The third kappa shape index (κ3) is 2.10. The van der Waals surface area contributed by atoms with Crippen LogP contribution in [0.5, 0.6) is 0 Å². The predicted octanol–water partition coefficient (Wildman–Crippen LogP) is 1.45. The number of hydrogen-bond acceptors (Lipinski definition) is 2. The zero-order chi connectivity index (χ0) is 10.8. The topological polar surface area (TPSA) is 34.9 Å². The van der Waals surface area contributed by atoms with Crippen LogP contribution in [0.4, 0.5) is 0 Å². The second-order valence-electron chi connectivity index (χ2n) is 3.88. The van der Waals surface area contributed by atoms with Gasteiger partial charge in [-0.15, -0.1) is 5.92 Å². The molecule has 1 saturated carbocycles. The van der Waals surface area contributed by atoms with Gasteiger partial charge >= 0.3 is 0 Å². The number of rotatable bonds is 2. The van der Waals surface area contributed by atoms with Crippen molar-refractivity contribution in [1.29, 1.82) is 0 Å². The molecule has 1 heterocycles. The first-order valence-electron chi connectivity index (χ1n) is 5.20. The number of aryl methyl sites for hydroxylation is 1. The fourth-order valence-corrected chi connectivity index (χ4v) is 1.61. The summed E-state index contributed by atoms with van der Waals surface area (Å²) < 4.78 is 1.70. The van der Waals surface area contributed by atoms with Gasteiger partial charge in [0.25, 0.3) is 5.56 Å². The van der Waals surface area contributed by atoms with Gasteiger partial charge in [-0.1, -0.05) is 5.92 Å². The van der Waals surface area contributed by atoms with Crippen molar-refractivity contribution in [1.82, 2.24) is 9.55 Å². The second kappa shape index (κ2) is 3.90. The van der Waals surface area contributed by atoms with Gasteiger partial charge < -0.3 is 0 Å². The zero-order valence-electron chi connectivity index (χ0n) is 9.08. The van der Waals surface area contributed by atoms with Gasteiger partial charge in [0.05, 0.1) is 6.54 Å². The van der Waals surface area contributed by atoms with E-state index in [9.17, 15) is 4.79 Å². The van der Waals surface area contributed by atoms with Gasteiger partial charge in [-0.2, -0.15) is 0 Å². The Hall–Kier alpha value is -1.56. The van der Waals surface area contributed by atoms with Crippen molar-refractivity contribution in [3.63, 3.8) is 0 Å². The maximum atomic E-state index is 11.8. The Balaban J connectivity index is 2.47. The molecule has 1 fully saturated rings. The first kappa shape index (κ1) is 9.97. The molecule has 0 aliphatic heterocycles. The largest absolute Gasteiger partial charge is 0.285 e. The van der Waals surface area contributed by atoms with E-state index >= 15 is 0 Å². The monoisotopic (exact) mass is 202 g/mol. The maximum Gasteiger partial charge on any atom is 0.254 e. The summed E-state index contributed by atoms with van der Waals surface area (Å²) >= 11 is 0. The van der Waals surface area contributed by atoms with E-state index in [-0.39, 0.29) is 5.56 Å². The molecule has 0 atom stereocenters. The van der Waals surface area contributed by atoms with E-state index in [0.29, 0.717) is 12.5 Å².